The SMILES string of the molecule is CN=C(NN)N(C)c1cccc(C)c1. The Morgan fingerprint density at radius 2 is 2.21 bits per heavy atom. The summed E-state index contributed by atoms with van der Waals surface area (Å²) in [5, 5.41) is 0. The van der Waals surface area contributed by atoms with E-state index in [9.17, 15) is 0 Å². The molecule has 1 rings (SSSR count). The number of hydrogen-bond acceptors (Lipinski definition) is 2. The van der Waals surface area contributed by atoms with E-state index in [0.29, 0.717) is 5.96 Å². The number of benzene rings is 1. The van der Waals surface area contributed by atoms with Gasteiger partial charge in [0.25, 0.3) is 0 Å². The van der Waals surface area contributed by atoms with Gasteiger partial charge in [-0.05, 0) is 24.6 Å². The highest BCUT2D eigenvalue weighted by Gasteiger charge is 2.05. The Hall–Kier alpha value is -1.55. The van der Waals surface area contributed by atoms with Crippen LogP contribution in [0.3, 0.4) is 0 Å². The van der Waals surface area contributed by atoms with Crippen LogP contribution in [0.5, 0.6) is 0 Å². The number of nitrogens with one attached hydrogen (secondary N) is 1. The summed E-state index contributed by atoms with van der Waals surface area (Å²) in [4.78, 5) is 5.91. The Labute approximate surface area is 84.4 Å². The minimum absolute atomic E-state index is 0.635. The van der Waals surface area contributed by atoms with Crippen molar-refractivity contribution in [3.8, 4) is 0 Å². The van der Waals surface area contributed by atoms with Crippen molar-refractivity contribution in [2.45, 2.75) is 6.92 Å². The van der Waals surface area contributed by atoms with Crippen LogP contribution in [0.2, 0.25) is 0 Å². The third-order valence-corrected chi connectivity index (χ3v) is 2.05. The third kappa shape index (κ3) is 2.23. The number of aliphatic imine (C=N–C) groups is 1. The molecule has 14 heavy (non-hydrogen) atoms. The smallest absolute Gasteiger partial charge is 0.212 e. The highest BCUT2D eigenvalue weighted by molar-refractivity contribution is 5.95. The van der Waals surface area contributed by atoms with Gasteiger partial charge in [-0.1, -0.05) is 12.1 Å². The molecule has 0 aromatic heterocycles. The molecule has 3 N–H and O–H groups in total. The Morgan fingerprint density at radius 1 is 1.50 bits per heavy atom. The lowest BCUT2D eigenvalue weighted by Gasteiger charge is -2.20. The fraction of sp³-hybridized carbons (Fsp3) is 0.300. The number of nitrogens with zero attached hydrogens (tertiary/aromatic N) is 2. The van der Waals surface area contributed by atoms with Crippen LogP contribution in [-0.4, -0.2) is 20.1 Å². The lowest BCUT2D eigenvalue weighted by Crippen LogP contribution is -2.42. The number of nitrogens with two attached hydrogens (primary N) is 1. The van der Waals surface area contributed by atoms with Crippen molar-refractivity contribution in [1.82, 2.24) is 5.43 Å². The van der Waals surface area contributed by atoms with Gasteiger partial charge in [-0.2, -0.15) is 0 Å². The molecule has 0 aliphatic rings. The van der Waals surface area contributed by atoms with Gasteiger partial charge in [0, 0.05) is 19.8 Å². The van der Waals surface area contributed by atoms with E-state index in [0.717, 1.165) is 5.69 Å². The van der Waals surface area contributed by atoms with Crippen LogP contribution in [0, 0.1) is 6.92 Å². The second kappa shape index (κ2) is 4.62. The number of rotatable bonds is 1. The normalized spacial score (nSPS) is 11.3. The molecule has 0 spiro atoms. The molecule has 0 saturated carbocycles. The highest BCUT2D eigenvalue weighted by atomic mass is 15.4. The Bertz CT molecular complexity index is 333. The first kappa shape index (κ1) is 10.5. The molecular formula is C10H16N4. The summed E-state index contributed by atoms with van der Waals surface area (Å²) in [7, 11) is 3.61. The van der Waals surface area contributed by atoms with Gasteiger partial charge in [-0.25, -0.2) is 5.84 Å². The second-order valence-electron chi connectivity index (χ2n) is 3.09. The highest BCUT2D eigenvalue weighted by Crippen LogP contribution is 2.13. The zero-order valence-electron chi connectivity index (χ0n) is 8.78. The molecule has 0 radical (unpaired) electrons. The molecule has 0 amide bonds. The molecule has 0 bridgehead atoms. The van der Waals surface area contributed by atoms with Crippen molar-refractivity contribution in [2.24, 2.45) is 10.8 Å². The molecule has 0 aliphatic heterocycles. The second-order valence-corrected chi connectivity index (χ2v) is 3.09. The molecule has 4 heteroatoms. The Balaban J connectivity index is 2.94. The molecule has 1 aromatic carbocycles. The maximum absolute atomic E-state index is 5.34. The van der Waals surface area contributed by atoms with E-state index in [-0.39, 0.29) is 0 Å². The summed E-state index contributed by atoms with van der Waals surface area (Å²) in [5.41, 5.74) is 4.81. The quantitative estimate of drug-likeness (QED) is 0.300. The first-order chi connectivity index (χ1) is 6.69. The Morgan fingerprint density at radius 3 is 2.71 bits per heavy atom. The van der Waals surface area contributed by atoms with Crippen LogP contribution in [-0.2, 0) is 0 Å². The fourth-order valence-electron chi connectivity index (χ4n) is 1.27. The number of hydrazine groups is 1. The van der Waals surface area contributed by atoms with Gasteiger partial charge < -0.3 is 4.90 Å². The maximum atomic E-state index is 5.34. The van der Waals surface area contributed by atoms with Crippen molar-refractivity contribution in [3.05, 3.63) is 29.8 Å². The zero-order chi connectivity index (χ0) is 10.6. The van der Waals surface area contributed by atoms with Crippen molar-refractivity contribution in [3.63, 3.8) is 0 Å². The summed E-state index contributed by atoms with van der Waals surface area (Å²) in [6, 6.07) is 8.14. The summed E-state index contributed by atoms with van der Waals surface area (Å²) in [6.07, 6.45) is 0. The molecule has 0 fully saturated rings. The van der Waals surface area contributed by atoms with Gasteiger partial charge in [-0.15, -0.1) is 0 Å². The van der Waals surface area contributed by atoms with E-state index >= 15 is 0 Å². The van der Waals surface area contributed by atoms with Gasteiger partial charge in [0.2, 0.25) is 5.96 Å². The van der Waals surface area contributed by atoms with Crippen molar-refractivity contribution in [2.75, 3.05) is 19.0 Å². The predicted molar refractivity (Wildman–Crippen MR) is 60.3 cm³/mol. The van der Waals surface area contributed by atoms with E-state index in [1.54, 1.807) is 7.05 Å². The van der Waals surface area contributed by atoms with E-state index in [2.05, 4.69) is 29.5 Å². The third-order valence-electron chi connectivity index (χ3n) is 2.05. The summed E-state index contributed by atoms with van der Waals surface area (Å²) >= 11 is 0. The van der Waals surface area contributed by atoms with Gasteiger partial charge >= 0.3 is 0 Å². The molecule has 0 unspecified atom stereocenters. The number of hydrogen-bond donors (Lipinski definition) is 2. The van der Waals surface area contributed by atoms with E-state index in [1.165, 1.54) is 5.56 Å². The average Bonchev–Trinajstić information content (AvgIpc) is 2.19. The molecule has 4 nitrogen and oxygen atoms in total. The summed E-state index contributed by atoms with van der Waals surface area (Å²) < 4.78 is 0. The molecule has 76 valence electrons. The minimum Gasteiger partial charge on any atom is -0.315 e. The zero-order valence-corrected chi connectivity index (χ0v) is 8.78. The standard InChI is InChI=1S/C10H16N4/c1-8-5-4-6-9(7-8)14(3)10(12-2)13-11/h4-7H,11H2,1-3H3,(H,12,13). The minimum atomic E-state index is 0.635. The molecule has 0 aliphatic carbocycles. The maximum Gasteiger partial charge on any atom is 0.212 e. The molecule has 0 atom stereocenters. The first-order valence-electron chi connectivity index (χ1n) is 4.43. The predicted octanol–water partition coefficient (Wildman–Crippen LogP) is 0.880. The van der Waals surface area contributed by atoms with Crippen LogP contribution in [0.1, 0.15) is 5.56 Å². The molecule has 0 saturated heterocycles. The number of anilines is 1. The largest absolute Gasteiger partial charge is 0.315 e. The van der Waals surface area contributed by atoms with Gasteiger partial charge in [-0.3, -0.25) is 10.4 Å². The Kier molecular flexibility index (Phi) is 3.48. The van der Waals surface area contributed by atoms with E-state index in [1.807, 2.05) is 24.1 Å². The first-order valence-corrected chi connectivity index (χ1v) is 4.43. The van der Waals surface area contributed by atoms with Gasteiger partial charge in [0.15, 0.2) is 0 Å². The van der Waals surface area contributed by atoms with Crippen LogP contribution in [0.4, 0.5) is 5.69 Å². The average molecular weight is 192 g/mol. The van der Waals surface area contributed by atoms with E-state index in [4.69, 9.17) is 5.84 Å². The van der Waals surface area contributed by atoms with Crippen molar-refractivity contribution in [1.29, 1.82) is 0 Å². The van der Waals surface area contributed by atoms with Crippen LogP contribution >= 0.6 is 0 Å². The molecule has 0 heterocycles. The molecular weight excluding hydrogens is 176 g/mol. The van der Waals surface area contributed by atoms with Crippen LogP contribution in [0.25, 0.3) is 0 Å². The lowest BCUT2D eigenvalue weighted by molar-refractivity contribution is 0.971. The van der Waals surface area contributed by atoms with Gasteiger partial charge in [0.05, 0.1) is 0 Å². The van der Waals surface area contributed by atoms with Gasteiger partial charge in [0.1, 0.15) is 0 Å². The number of guanidine groups is 1. The number of aryl methyl sites for hydroxylation is 1. The van der Waals surface area contributed by atoms with Crippen molar-refractivity contribution < 1.29 is 0 Å². The van der Waals surface area contributed by atoms with Crippen LogP contribution in [0.15, 0.2) is 29.3 Å². The summed E-state index contributed by atoms with van der Waals surface area (Å²) in [5.74, 6) is 5.97. The topological polar surface area (TPSA) is 53.6 Å². The van der Waals surface area contributed by atoms with E-state index < -0.39 is 0 Å². The monoisotopic (exact) mass is 192 g/mol. The van der Waals surface area contributed by atoms with Crippen molar-refractivity contribution >= 4 is 11.6 Å². The fourth-order valence-corrected chi connectivity index (χ4v) is 1.27. The molecule has 1 aromatic rings. The van der Waals surface area contributed by atoms with Crippen LogP contribution < -0.4 is 16.2 Å². The lowest BCUT2D eigenvalue weighted by atomic mass is 10.2. The summed E-state index contributed by atoms with van der Waals surface area (Å²) in [6.45, 7) is 2.05.